The summed E-state index contributed by atoms with van der Waals surface area (Å²) in [6.07, 6.45) is 0.413. The Labute approximate surface area is 113 Å². The van der Waals surface area contributed by atoms with Gasteiger partial charge in [-0.2, -0.15) is 0 Å². The molecule has 0 aliphatic carbocycles. The average molecular weight is 257 g/mol. The van der Waals surface area contributed by atoms with Gasteiger partial charge in [-0.15, -0.1) is 0 Å². The van der Waals surface area contributed by atoms with Crippen molar-refractivity contribution >= 4 is 16.7 Å². The van der Waals surface area contributed by atoms with Crippen LogP contribution in [0.3, 0.4) is 0 Å². The molecule has 3 nitrogen and oxygen atoms in total. The second kappa shape index (κ2) is 5.02. The zero-order chi connectivity index (χ0) is 14.0. The molecular weight excluding hydrogens is 238 g/mol. The standard InChI is InChI=1S/C16H19NO2/c1-11(2)10-16(17,15(18)19)14-9-5-7-12-6-3-4-8-13(12)14/h3-9,11H,10,17H2,1-2H3,(H,18,19). The summed E-state index contributed by atoms with van der Waals surface area (Å²) in [5, 5.41) is 11.5. The predicted molar refractivity (Wildman–Crippen MR) is 76.9 cm³/mol. The molecule has 3 N–H and O–H groups in total. The van der Waals surface area contributed by atoms with Crippen LogP contribution in [0.15, 0.2) is 42.5 Å². The van der Waals surface area contributed by atoms with E-state index in [0.717, 1.165) is 10.8 Å². The fourth-order valence-corrected chi connectivity index (χ4v) is 2.57. The molecule has 2 rings (SSSR count). The lowest BCUT2D eigenvalue weighted by Gasteiger charge is -2.28. The van der Waals surface area contributed by atoms with Gasteiger partial charge in [0.25, 0.3) is 0 Å². The maximum Gasteiger partial charge on any atom is 0.328 e. The Kier molecular flexibility index (Phi) is 3.58. The molecule has 0 saturated carbocycles. The molecule has 0 amide bonds. The number of fused-ring (bicyclic) bond motifs is 1. The molecule has 0 aromatic heterocycles. The average Bonchev–Trinajstić information content (AvgIpc) is 2.37. The minimum atomic E-state index is -1.34. The first-order valence-electron chi connectivity index (χ1n) is 6.45. The first-order chi connectivity index (χ1) is 8.95. The number of carbonyl (C=O) groups is 1. The fraction of sp³-hybridized carbons (Fsp3) is 0.312. The van der Waals surface area contributed by atoms with Crippen LogP contribution in [0, 0.1) is 5.92 Å². The molecule has 0 spiro atoms. The van der Waals surface area contributed by atoms with Crippen molar-refractivity contribution < 1.29 is 9.90 Å². The van der Waals surface area contributed by atoms with Gasteiger partial charge in [-0.3, -0.25) is 0 Å². The van der Waals surface area contributed by atoms with E-state index in [4.69, 9.17) is 5.73 Å². The summed E-state index contributed by atoms with van der Waals surface area (Å²) in [4.78, 5) is 11.7. The number of benzene rings is 2. The molecule has 1 unspecified atom stereocenters. The van der Waals surface area contributed by atoms with Crippen molar-refractivity contribution in [3.05, 3.63) is 48.0 Å². The third kappa shape index (κ3) is 2.47. The molecular formula is C16H19NO2. The van der Waals surface area contributed by atoms with Crippen LogP contribution >= 0.6 is 0 Å². The van der Waals surface area contributed by atoms with Gasteiger partial charge in [-0.1, -0.05) is 56.3 Å². The van der Waals surface area contributed by atoms with E-state index in [1.165, 1.54) is 0 Å². The van der Waals surface area contributed by atoms with E-state index in [0.29, 0.717) is 12.0 Å². The highest BCUT2D eigenvalue weighted by Crippen LogP contribution is 2.32. The van der Waals surface area contributed by atoms with Gasteiger partial charge >= 0.3 is 5.97 Å². The van der Waals surface area contributed by atoms with Gasteiger partial charge in [-0.05, 0) is 28.7 Å². The van der Waals surface area contributed by atoms with E-state index in [1.54, 1.807) is 0 Å². The summed E-state index contributed by atoms with van der Waals surface area (Å²) in [6, 6.07) is 13.4. The fourth-order valence-electron chi connectivity index (χ4n) is 2.57. The van der Waals surface area contributed by atoms with E-state index < -0.39 is 11.5 Å². The van der Waals surface area contributed by atoms with Crippen LogP contribution in [-0.4, -0.2) is 11.1 Å². The van der Waals surface area contributed by atoms with E-state index in [9.17, 15) is 9.90 Å². The van der Waals surface area contributed by atoms with Crippen LogP contribution in [-0.2, 0) is 10.3 Å². The molecule has 2 aromatic carbocycles. The summed E-state index contributed by atoms with van der Waals surface area (Å²) in [5.41, 5.74) is 5.58. The van der Waals surface area contributed by atoms with E-state index in [-0.39, 0.29) is 5.92 Å². The van der Waals surface area contributed by atoms with Crippen molar-refractivity contribution in [3.8, 4) is 0 Å². The number of hydrogen-bond acceptors (Lipinski definition) is 2. The van der Waals surface area contributed by atoms with Gasteiger partial charge in [0.1, 0.15) is 5.54 Å². The molecule has 0 aliphatic rings. The Balaban J connectivity index is 2.66. The topological polar surface area (TPSA) is 63.3 Å². The predicted octanol–water partition coefficient (Wildman–Crippen LogP) is 3.12. The van der Waals surface area contributed by atoms with Gasteiger partial charge in [0.15, 0.2) is 0 Å². The molecule has 0 heterocycles. The van der Waals surface area contributed by atoms with Crippen LogP contribution in [0.5, 0.6) is 0 Å². The largest absolute Gasteiger partial charge is 0.480 e. The third-order valence-corrected chi connectivity index (χ3v) is 3.38. The van der Waals surface area contributed by atoms with Crippen molar-refractivity contribution in [2.45, 2.75) is 25.8 Å². The minimum absolute atomic E-state index is 0.208. The van der Waals surface area contributed by atoms with Crippen LogP contribution < -0.4 is 5.73 Å². The summed E-state index contributed by atoms with van der Waals surface area (Å²) in [5.74, 6) is -0.766. The van der Waals surface area contributed by atoms with E-state index in [2.05, 4.69) is 0 Å². The molecule has 0 aliphatic heterocycles. The molecule has 0 saturated heterocycles. The van der Waals surface area contributed by atoms with Gasteiger partial charge in [0, 0.05) is 0 Å². The molecule has 2 aromatic rings. The highest BCUT2D eigenvalue weighted by atomic mass is 16.4. The normalized spacial score (nSPS) is 14.5. The first kappa shape index (κ1) is 13.6. The zero-order valence-electron chi connectivity index (χ0n) is 11.3. The lowest BCUT2D eigenvalue weighted by atomic mass is 9.81. The van der Waals surface area contributed by atoms with Crippen molar-refractivity contribution in [1.29, 1.82) is 0 Å². The Morgan fingerprint density at radius 1 is 1.21 bits per heavy atom. The smallest absolute Gasteiger partial charge is 0.328 e. The van der Waals surface area contributed by atoms with Crippen LogP contribution in [0.1, 0.15) is 25.8 Å². The van der Waals surface area contributed by atoms with Gasteiger partial charge in [0.2, 0.25) is 0 Å². The summed E-state index contributed by atoms with van der Waals surface area (Å²) >= 11 is 0. The van der Waals surface area contributed by atoms with Crippen LogP contribution in [0.2, 0.25) is 0 Å². The number of hydrogen-bond donors (Lipinski definition) is 2. The Bertz CT molecular complexity index is 601. The minimum Gasteiger partial charge on any atom is -0.480 e. The van der Waals surface area contributed by atoms with Gasteiger partial charge in [-0.25, -0.2) is 4.79 Å². The van der Waals surface area contributed by atoms with E-state index in [1.807, 2.05) is 56.3 Å². The quantitative estimate of drug-likeness (QED) is 0.884. The van der Waals surface area contributed by atoms with Gasteiger partial charge in [0.05, 0.1) is 0 Å². The Morgan fingerprint density at radius 2 is 1.84 bits per heavy atom. The molecule has 0 bridgehead atoms. The maximum absolute atomic E-state index is 11.7. The molecule has 3 heteroatoms. The summed E-state index contributed by atoms with van der Waals surface area (Å²) in [6.45, 7) is 3.96. The zero-order valence-corrected chi connectivity index (χ0v) is 11.3. The second-order valence-corrected chi connectivity index (χ2v) is 5.40. The van der Waals surface area contributed by atoms with Crippen molar-refractivity contribution in [1.82, 2.24) is 0 Å². The van der Waals surface area contributed by atoms with Crippen molar-refractivity contribution in [3.63, 3.8) is 0 Å². The Morgan fingerprint density at radius 3 is 2.47 bits per heavy atom. The lowest BCUT2D eigenvalue weighted by Crippen LogP contribution is -2.46. The molecule has 19 heavy (non-hydrogen) atoms. The van der Waals surface area contributed by atoms with Crippen LogP contribution in [0.25, 0.3) is 10.8 Å². The highest BCUT2D eigenvalue weighted by Gasteiger charge is 2.37. The van der Waals surface area contributed by atoms with Crippen molar-refractivity contribution in [2.24, 2.45) is 11.7 Å². The molecule has 0 radical (unpaired) electrons. The number of nitrogens with two attached hydrogens (primary N) is 1. The molecule has 100 valence electrons. The van der Waals surface area contributed by atoms with Gasteiger partial charge < -0.3 is 10.8 Å². The number of carboxylic acid groups (broad SMARTS) is 1. The Hall–Kier alpha value is -1.87. The highest BCUT2D eigenvalue weighted by molar-refractivity contribution is 5.92. The summed E-state index contributed by atoms with van der Waals surface area (Å²) < 4.78 is 0. The monoisotopic (exact) mass is 257 g/mol. The lowest BCUT2D eigenvalue weighted by molar-refractivity contribution is -0.144. The SMILES string of the molecule is CC(C)CC(N)(C(=O)O)c1cccc2ccccc12. The molecule has 0 fully saturated rings. The first-order valence-corrected chi connectivity index (χ1v) is 6.45. The molecule has 1 atom stereocenters. The van der Waals surface area contributed by atoms with Crippen LogP contribution in [0.4, 0.5) is 0 Å². The number of carboxylic acids is 1. The summed E-state index contributed by atoms with van der Waals surface area (Å²) in [7, 11) is 0. The number of aliphatic carboxylic acids is 1. The third-order valence-electron chi connectivity index (χ3n) is 3.38. The maximum atomic E-state index is 11.7. The van der Waals surface area contributed by atoms with E-state index >= 15 is 0 Å². The number of rotatable bonds is 4. The second-order valence-electron chi connectivity index (χ2n) is 5.40. The van der Waals surface area contributed by atoms with Crippen molar-refractivity contribution in [2.75, 3.05) is 0 Å².